The van der Waals surface area contributed by atoms with Crippen LogP contribution in [0.2, 0.25) is 0 Å². The van der Waals surface area contributed by atoms with Crippen molar-refractivity contribution in [3.63, 3.8) is 0 Å². The van der Waals surface area contributed by atoms with Gasteiger partial charge in [0.1, 0.15) is 0 Å². The highest BCUT2D eigenvalue weighted by Crippen LogP contribution is 2.15. The van der Waals surface area contributed by atoms with E-state index in [1.807, 2.05) is 11.8 Å². The zero-order valence-electron chi connectivity index (χ0n) is 10.0. The monoisotopic (exact) mass is 216 g/mol. The van der Waals surface area contributed by atoms with Crippen LogP contribution in [0.25, 0.3) is 0 Å². The van der Waals surface area contributed by atoms with Crippen molar-refractivity contribution >= 4 is 11.8 Å². The highest BCUT2D eigenvalue weighted by atomic mass is 32.2. The van der Waals surface area contributed by atoms with Gasteiger partial charge in [0.05, 0.1) is 0 Å². The minimum atomic E-state index is 0.353. The van der Waals surface area contributed by atoms with E-state index in [1.54, 1.807) is 0 Å². The smallest absolute Gasteiger partial charge is 0.0126 e. The third-order valence-electron chi connectivity index (χ3n) is 2.93. The number of nitrogens with zero attached hydrogens (tertiary/aromatic N) is 2. The summed E-state index contributed by atoms with van der Waals surface area (Å²) in [6.07, 6.45) is 2.19. The van der Waals surface area contributed by atoms with Crippen LogP contribution in [0.4, 0.5) is 0 Å². The Kier molecular flexibility index (Phi) is 4.74. The first-order valence-electron chi connectivity index (χ1n) is 5.50. The van der Waals surface area contributed by atoms with Gasteiger partial charge in [-0.15, -0.1) is 0 Å². The topological polar surface area (TPSA) is 6.48 Å². The third kappa shape index (κ3) is 3.79. The molecule has 1 heterocycles. The quantitative estimate of drug-likeness (QED) is 0.710. The molecule has 0 N–H and O–H groups in total. The van der Waals surface area contributed by atoms with E-state index in [2.05, 4.69) is 36.8 Å². The molecule has 0 aromatic carbocycles. The zero-order valence-corrected chi connectivity index (χ0v) is 10.9. The molecule has 0 unspecified atom stereocenters. The molecule has 2 nitrogen and oxygen atoms in total. The third-order valence-corrected chi connectivity index (χ3v) is 3.52. The summed E-state index contributed by atoms with van der Waals surface area (Å²) in [6.45, 7) is 13.2. The second-order valence-electron chi connectivity index (χ2n) is 4.99. The van der Waals surface area contributed by atoms with Crippen LogP contribution in [0.15, 0.2) is 0 Å². The molecule has 14 heavy (non-hydrogen) atoms. The van der Waals surface area contributed by atoms with Crippen molar-refractivity contribution < 1.29 is 0 Å². The van der Waals surface area contributed by atoms with Crippen LogP contribution in [-0.4, -0.2) is 60.1 Å². The molecule has 0 amide bonds. The van der Waals surface area contributed by atoms with Gasteiger partial charge in [-0.05, 0) is 27.0 Å². The van der Waals surface area contributed by atoms with Gasteiger partial charge < -0.3 is 0 Å². The Hall–Kier alpha value is 0.270. The molecule has 3 heteroatoms. The molecule has 0 radical (unpaired) electrons. The van der Waals surface area contributed by atoms with Crippen LogP contribution in [0.3, 0.4) is 0 Å². The predicted molar refractivity (Wildman–Crippen MR) is 66.1 cm³/mol. The molecular formula is C11H24N2S. The minimum absolute atomic E-state index is 0.353. The number of piperazine rings is 1. The van der Waals surface area contributed by atoms with E-state index < -0.39 is 0 Å². The van der Waals surface area contributed by atoms with E-state index in [4.69, 9.17) is 0 Å². The zero-order chi connectivity index (χ0) is 10.6. The van der Waals surface area contributed by atoms with Crippen LogP contribution in [0.5, 0.6) is 0 Å². The Labute approximate surface area is 93.0 Å². The second kappa shape index (κ2) is 5.38. The normalized spacial score (nSPS) is 21.4. The average Bonchev–Trinajstić information content (AvgIpc) is 2.14. The number of rotatable bonds is 3. The molecule has 0 aromatic rings. The van der Waals surface area contributed by atoms with Gasteiger partial charge in [0.25, 0.3) is 0 Å². The first kappa shape index (κ1) is 12.3. The van der Waals surface area contributed by atoms with Crippen molar-refractivity contribution in [2.75, 3.05) is 44.7 Å². The van der Waals surface area contributed by atoms with Crippen LogP contribution < -0.4 is 0 Å². The van der Waals surface area contributed by atoms with Crippen molar-refractivity contribution in [3.8, 4) is 0 Å². The lowest BCUT2D eigenvalue weighted by Crippen LogP contribution is -2.53. The first-order chi connectivity index (χ1) is 6.54. The standard InChI is InChI=1S/C11H24N2S/c1-11(2,3)13-7-5-12(6-8-13)9-10-14-4/h5-10H2,1-4H3. The molecule has 0 saturated carbocycles. The molecule has 84 valence electrons. The molecule has 0 aliphatic carbocycles. The van der Waals surface area contributed by atoms with Crippen LogP contribution >= 0.6 is 11.8 Å². The lowest BCUT2D eigenvalue weighted by atomic mass is 10.1. The maximum Gasteiger partial charge on any atom is 0.0126 e. The van der Waals surface area contributed by atoms with Crippen molar-refractivity contribution in [2.24, 2.45) is 0 Å². The fourth-order valence-electron chi connectivity index (χ4n) is 1.86. The Bertz CT molecular complexity index is 157. The lowest BCUT2D eigenvalue weighted by molar-refractivity contribution is 0.0652. The van der Waals surface area contributed by atoms with Gasteiger partial charge >= 0.3 is 0 Å². The summed E-state index contributed by atoms with van der Waals surface area (Å²) in [5.41, 5.74) is 0.353. The van der Waals surface area contributed by atoms with Gasteiger partial charge in [-0.3, -0.25) is 9.80 Å². The van der Waals surface area contributed by atoms with Gasteiger partial charge in [0.15, 0.2) is 0 Å². The summed E-state index contributed by atoms with van der Waals surface area (Å²) in [7, 11) is 0. The van der Waals surface area contributed by atoms with Gasteiger partial charge in [-0.25, -0.2) is 0 Å². The van der Waals surface area contributed by atoms with Crippen molar-refractivity contribution in [2.45, 2.75) is 26.3 Å². The second-order valence-corrected chi connectivity index (χ2v) is 5.98. The number of hydrogen-bond donors (Lipinski definition) is 0. The molecule has 0 aromatic heterocycles. The fraction of sp³-hybridized carbons (Fsp3) is 1.00. The summed E-state index contributed by atoms with van der Waals surface area (Å²) in [4.78, 5) is 5.17. The molecule has 1 saturated heterocycles. The highest BCUT2D eigenvalue weighted by molar-refractivity contribution is 7.98. The van der Waals surface area contributed by atoms with E-state index in [-0.39, 0.29) is 0 Å². The number of thioether (sulfide) groups is 1. The van der Waals surface area contributed by atoms with Gasteiger partial charge in [0, 0.05) is 44.0 Å². The summed E-state index contributed by atoms with van der Waals surface area (Å²) in [5, 5.41) is 0. The van der Waals surface area contributed by atoms with E-state index in [0.717, 1.165) is 0 Å². The summed E-state index contributed by atoms with van der Waals surface area (Å²) >= 11 is 1.95. The van der Waals surface area contributed by atoms with Crippen LogP contribution in [-0.2, 0) is 0 Å². The maximum atomic E-state index is 2.59. The molecule has 1 aliphatic heterocycles. The van der Waals surface area contributed by atoms with Crippen molar-refractivity contribution in [3.05, 3.63) is 0 Å². The predicted octanol–water partition coefficient (Wildman–Crippen LogP) is 1.77. The molecule has 1 aliphatic rings. The summed E-state index contributed by atoms with van der Waals surface area (Å²) in [6, 6.07) is 0. The highest BCUT2D eigenvalue weighted by Gasteiger charge is 2.25. The molecule has 0 spiro atoms. The number of hydrogen-bond acceptors (Lipinski definition) is 3. The fourth-order valence-corrected chi connectivity index (χ4v) is 2.30. The van der Waals surface area contributed by atoms with E-state index >= 15 is 0 Å². The van der Waals surface area contributed by atoms with Gasteiger partial charge in [-0.2, -0.15) is 11.8 Å². The summed E-state index contributed by atoms with van der Waals surface area (Å²) < 4.78 is 0. The molecule has 0 bridgehead atoms. The molecule has 1 fully saturated rings. The first-order valence-corrected chi connectivity index (χ1v) is 6.90. The lowest BCUT2D eigenvalue weighted by Gasteiger charge is -2.42. The summed E-state index contributed by atoms with van der Waals surface area (Å²) in [5.74, 6) is 1.27. The van der Waals surface area contributed by atoms with Crippen LogP contribution in [0, 0.1) is 0 Å². The molecular weight excluding hydrogens is 192 g/mol. The Morgan fingerprint density at radius 3 is 2.07 bits per heavy atom. The van der Waals surface area contributed by atoms with Crippen molar-refractivity contribution in [1.29, 1.82) is 0 Å². The minimum Gasteiger partial charge on any atom is -0.300 e. The van der Waals surface area contributed by atoms with E-state index in [9.17, 15) is 0 Å². The van der Waals surface area contributed by atoms with Gasteiger partial charge in [0.2, 0.25) is 0 Å². The largest absolute Gasteiger partial charge is 0.300 e. The maximum absolute atomic E-state index is 2.59. The Morgan fingerprint density at radius 1 is 1.07 bits per heavy atom. The Morgan fingerprint density at radius 2 is 1.64 bits per heavy atom. The van der Waals surface area contributed by atoms with Gasteiger partial charge in [-0.1, -0.05) is 0 Å². The van der Waals surface area contributed by atoms with E-state index in [1.165, 1.54) is 38.5 Å². The Balaban J connectivity index is 2.24. The van der Waals surface area contributed by atoms with E-state index in [0.29, 0.717) is 5.54 Å². The average molecular weight is 216 g/mol. The molecule has 0 atom stereocenters. The van der Waals surface area contributed by atoms with Crippen LogP contribution in [0.1, 0.15) is 20.8 Å². The molecule has 1 rings (SSSR count). The van der Waals surface area contributed by atoms with Crippen molar-refractivity contribution in [1.82, 2.24) is 9.80 Å². The SMILES string of the molecule is CSCCN1CCN(C(C)(C)C)CC1.